The molecule has 1 N–H and O–H groups in total. The van der Waals surface area contributed by atoms with Gasteiger partial charge in [-0.15, -0.1) is 15.3 Å². The summed E-state index contributed by atoms with van der Waals surface area (Å²) < 4.78 is 1.89. The van der Waals surface area contributed by atoms with E-state index in [4.69, 9.17) is 5.10 Å². The van der Waals surface area contributed by atoms with Gasteiger partial charge in [0.2, 0.25) is 0 Å². The Bertz CT molecular complexity index is 1000. The number of nitrogens with one attached hydrogen (secondary N) is 1. The first-order chi connectivity index (χ1) is 13.7. The number of anilines is 1. The van der Waals surface area contributed by atoms with Crippen LogP contribution >= 0.6 is 0 Å². The number of aromatic nitrogens is 6. The van der Waals surface area contributed by atoms with E-state index in [1.54, 1.807) is 6.20 Å². The second kappa shape index (κ2) is 6.81. The lowest BCUT2D eigenvalue weighted by molar-refractivity contribution is 0.0939. The normalized spacial score (nSPS) is 17.4. The third-order valence-electron chi connectivity index (χ3n) is 5.59. The van der Waals surface area contributed by atoms with Crippen molar-refractivity contribution in [1.82, 2.24) is 35.1 Å². The summed E-state index contributed by atoms with van der Waals surface area (Å²) >= 11 is 0. The van der Waals surface area contributed by atoms with Crippen LogP contribution in [0, 0.1) is 12.8 Å². The first-order valence-electron chi connectivity index (χ1n) is 9.71. The molecule has 0 spiro atoms. The maximum Gasteiger partial charge on any atom is 0.271 e. The first kappa shape index (κ1) is 17.0. The number of rotatable bonds is 5. The van der Waals surface area contributed by atoms with E-state index in [1.165, 1.54) is 25.5 Å². The van der Waals surface area contributed by atoms with Crippen LogP contribution in [0.4, 0.5) is 5.82 Å². The topological polar surface area (TPSA) is 101 Å². The molecule has 1 aliphatic carbocycles. The highest BCUT2D eigenvalue weighted by Crippen LogP contribution is 2.35. The molecule has 0 atom stereocenters. The lowest BCUT2D eigenvalue weighted by atomic mass is 9.85. The molecule has 144 valence electrons. The number of fused-ring (bicyclic) bond motifs is 1. The summed E-state index contributed by atoms with van der Waals surface area (Å²) in [6, 6.07) is 3.97. The predicted molar refractivity (Wildman–Crippen MR) is 102 cm³/mol. The zero-order valence-electron chi connectivity index (χ0n) is 15.7. The molecule has 4 heterocycles. The van der Waals surface area contributed by atoms with Gasteiger partial charge in [0.05, 0.1) is 11.9 Å². The molecule has 28 heavy (non-hydrogen) atoms. The van der Waals surface area contributed by atoms with E-state index >= 15 is 0 Å². The van der Waals surface area contributed by atoms with E-state index in [-0.39, 0.29) is 5.91 Å². The molecule has 1 aliphatic heterocycles. The summed E-state index contributed by atoms with van der Waals surface area (Å²) in [5, 5.41) is 16.3. The van der Waals surface area contributed by atoms with Gasteiger partial charge in [-0.2, -0.15) is 4.52 Å². The Kier molecular flexibility index (Phi) is 4.14. The average Bonchev–Trinajstić information content (AvgIpc) is 3.02. The largest absolute Gasteiger partial charge is 0.354 e. The van der Waals surface area contributed by atoms with Gasteiger partial charge in [-0.1, -0.05) is 6.42 Å². The van der Waals surface area contributed by atoms with Crippen LogP contribution in [0.3, 0.4) is 0 Å². The Labute approximate surface area is 162 Å². The van der Waals surface area contributed by atoms with Gasteiger partial charge in [-0.05, 0) is 31.9 Å². The number of amides is 1. The van der Waals surface area contributed by atoms with Crippen molar-refractivity contribution in [3.63, 3.8) is 0 Å². The quantitative estimate of drug-likeness (QED) is 0.715. The molecular weight excluding hydrogens is 356 g/mol. The van der Waals surface area contributed by atoms with E-state index in [1.807, 2.05) is 23.6 Å². The minimum absolute atomic E-state index is 0.180. The van der Waals surface area contributed by atoms with Crippen molar-refractivity contribution in [2.75, 3.05) is 24.5 Å². The van der Waals surface area contributed by atoms with E-state index in [2.05, 4.69) is 30.4 Å². The van der Waals surface area contributed by atoms with Crippen molar-refractivity contribution in [3.05, 3.63) is 41.7 Å². The summed E-state index contributed by atoms with van der Waals surface area (Å²) in [6.45, 7) is 4.18. The van der Waals surface area contributed by atoms with Crippen molar-refractivity contribution in [1.29, 1.82) is 0 Å². The molecule has 1 saturated heterocycles. The van der Waals surface area contributed by atoms with Crippen molar-refractivity contribution in [2.45, 2.75) is 32.1 Å². The Morgan fingerprint density at radius 3 is 2.75 bits per heavy atom. The van der Waals surface area contributed by atoms with Crippen LogP contribution in [0.1, 0.15) is 47.2 Å². The van der Waals surface area contributed by atoms with Crippen molar-refractivity contribution >= 4 is 17.4 Å². The van der Waals surface area contributed by atoms with E-state index in [0.717, 1.165) is 36.1 Å². The number of hydrogen-bond donors (Lipinski definition) is 1. The molecule has 0 bridgehead atoms. The SMILES string of the molecule is Cc1cnc(C(=O)NCC2CN(c3ccc4nnc(C5CCC5)n4n3)C2)cn1. The van der Waals surface area contributed by atoms with Gasteiger partial charge < -0.3 is 10.2 Å². The van der Waals surface area contributed by atoms with Crippen LogP contribution in [-0.2, 0) is 0 Å². The molecule has 2 fully saturated rings. The van der Waals surface area contributed by atoms with Gasteiger partial charge in [-0.25, -0.2) is 4.98 Å². The van der Waals surface area contributed by atoms with Crippen LogP contribution in [0.2, 0.25) is 0 Å². The Morgan fingerprint density at radius 1 is 1.18 bits per heavy atom. The molecular formula is C19H22N8O. The Balaban J connectivity index is 1.18. The van der Waals surface area contributed by atoms with Crippen LogP contribution in [0.5, 0.6) is 0 Å². The molecule has 0 aromatic carbocycles. The molecule has 3 aromatic heterocycles. The Hall–Kier alpha value is -3.10. The molecule has 1 amide bonds. The van der Waals surface area contributed by atoms with Gasteiger partial charge >= 0.3 is 0 Å². The third-order valence-corrected chi connectivity index (χ3v) is 5.59. The van der Waals surface area contributed by atoms with Gasteiger partial charge in [0.25, 0.3) is 5.91 Å². The standard InChI is InChI=1S/C19H22N8O/c1-12-7-21-15(9-20-12)19(28)22-8-13-10-26(11-13)17-6-5-16-23-24-18(27(16)25-17)14-3-2-4-14/h5-7,9,13-14H,2-4,8,10-11H2,1H3,(H,22,28). The lowest BCUT2D eigenvalue weighted by Gasteiger charge is -2.40. The highest BCUT2D eigenvalue weighted by molar-refractivity contribution is 5.91. The van der Waals surface area contributed by atoms with E-state index in [9.17, 15) is 4.79 Å². The lowest BCUT2D eigenvalue weighted by Crippen LogP contribution is -2.52. The summed E-state index contributed by atoms with van der Waals surface area (Å²) in [5.41, 5.74) is 1.95. The highest BCUT2D eigenvalue weighted by Gasteiger charge is 2.30. The molecule has 3 aromatic rings. The molecule has 9 nitrogen and oxygen atoms in total. The van der Waals surface area contributed by atoms with E-state index in [0.29, 0.717) is 24.1 Å². The van der Waals surface area contributed by atoms with Crippen LogP contribution in [-0.4, -0.2) is 55.3 Å². The third kappa shape index (κ3) is 3.06. The Morgan fingerprint density at radius 2 is 2.04 bits per heavy atom. The summed E-state index contributed by atoms with van der Waals surface area (Å²) in [6.07, 6.45) is 6.71. The molecule has 1 saturated carbocycles. The van der Waals surface area contributed by atoms with Crippen molar-refractivity contribution < 1.29 is 4.79 Å². The number of hydrogen-bond acceptors (Lipinski definition) is 7. The van der Waals surface area contributed by atoms with Crippen molar-refractivity contribution in [3.8, 4) is 0 Å². The molecule has 9 heteroatoms. The number of carbonyl (C=O) groups excluding carboxylic acids is 1. The average molecular weight is 378 g/mol. The summed E-state index contributed by atoms with van der Waals surface area (Å²) in [4.78, 5) is 22.6. The number of carbonyl (C=O) groups is 1. The van der Waals surface area contributed by atoms with Gasteiger partial charge in [-0.3, -0.25) is 9.78 Å². The molecule has 2 aliphatic rings. The number of aryl methyl sites for hydroxylation is 1. The fourth-order valence-electron chi connectivity index (χ4n) is 3.61. The zero-order chi connectivity index (χ0) is 19.1. The monoisotopic (exact) mass is 378 g/mol. The predicted octanol–water partition coefficient (Wildman–Crippen LogP) is 1.36. The number of nitrogens with zero attached hydrogens (tertiary/aromatic N) is 7. The molecule has 5 rings (SSSR count). The second-order valence-electron chi connectivity index (χ2n) is 7.67. The minimum atomic E-state index is -0.180. The van der Waals surface area contributed by atoms with Crippen LogP contribution in [0.25, 0.3) is 5.65 Å². The minimum Gasteiger partial charge on any atom is -0.354 e. The zero-order valence-corrected chi connectivity index (χ0v) is 15.7. The maximum absolute atomic E-state index is 12.1. The van der Waals surface area contributed by atoms with Gasteiger partial charge in [0, 0.05) is 37.7 Å². The fraction of sp³-hybridized carbons (Fsp3) is 0.474. The molecule has 0 radical (unpaired) electrons. The van der Waals surface area contributed by atoms with Crippen LogP contribution < -0.4 is 10.2 Å². The van der Waals surface area contributed by atoms with Crippen molar-refractivity contribution in [2.24, 2.45) is 5.92 Å². The smallest absolute Gasteiger partial charge is 0.271 e. The fourth-order valence-corrected chi connectivity index (χ4v) is 3.61. The summed E-state index contributed by atoms with van der Waals surface area (Å²) in [5.74, 6) is 2.61. The molecule has 0 unspecified atom stereocenters. The maximum atomic E-state index is 12.1. The van der Waals surface area contributed by atoms with Gasteiger partial charge in [0.15, 0.2) is 11.5 Å². The van der Waals surface area contributed by atoms with E-state index < -0.39 is 0 Å². The summed E-state index contributed by atoms with van der Waals surface area (Å²) in [7, 11) is 0. The second-order valence-corrected chi connectivity index (χ2v) is 7.67. The van der Waals surface area contributed by atoms with Gasteiger partial charge in [0.1, 0.15) is 11.5 Å². The van der Waals surface area contributed by atoms with Crippen LogP contribution in [0.15, 0.2) is 24.5 Å². The first-order valence-corrected chi connectivity index (χ1v) is 9.71. The highest BCUT2D eigenvalue weighted by atomic mass is 16.1.